The number of aliphatic carboxylic acids is 2. The summed E-state index contributed by atoms with van der Waals surface area (Å²) >= 11 is 6.20. The molecular weight excluding hydrogens is 542 g/mol. The Bertz CT molecular complexity index is 1520. The lowest BCUT2D eigenvalue weighted by molar-refractivity contribution is -0.137. The van der Waals surface area contributed by atoms with E-state index in [0.29, 0.717) is 42.5 Å². The van der Waals surface area contributed by atoms with Gasteiger partial charge in [0, 0.05) is 30.1 Å². The van der Waals surface area contributed by atoms with Crippen molar-refractivity contribution in [1.29, 1.82) is 0 Å². The molecule has 0 bridgehead atoms. The zero-order valence-electron chi connectivity index (χ0n) is 23.0. The Balaban J connectivity index is 1.33. The normalized spacial score (nSPS) is 11.3. The standard InChI is InChI=1S/C33H34ClNO6/c1-23-9-16-30(28(34)20-23)41-19-3-2-18-40-27-14-11-24(12-15-27)10-13-25-6-4-7-29-33(25)26(21-32(38)39)22-35(29)17-5-8-31(36)37/h4,6-7,9-16,20,22H,2-3,5,8,17-19,21H2,1H3,(H,36,37)(H,38,39). The zero-order chi connectivity index (χ0) is 29.2. The van der Waals surface area contributed by atoms with Gasteiger partial charge in [-0.2, -0.15) is 0 Å². The van der Waals surface area contributed by atoms with Crippen LogP contribution in [0, 0.1) is 6.92 Å². The van der Waals surface area contributed by atoms with Crippen LogP contribution in [-0.2, 0) is 22.6 Å². The number of fused-ring (bicyclic) bond motifs is 1. The van der Waals surface area contributed by atoms with Gasteiger partial charge in [0.05, 0.1) is 24.7 Å². The number of aromatic nitrogens is 1. The highest BCUT2D eigenvalue weighted by Crippen LogP contribution is 2.28. The molecule has 0 fully saturated rings. The first-order valence-corrected chi connectivity index (χ1v) is 14.0. The number of carboxylic acids is 2. The maximum absolute atomic E-state index is 11.5. The van der Waals surface area contributed by atoms with Crippen molar-refractivity contribution in [2.75, 3.05) is 13.2 Å². The van der Waals surface area contributed by atoms with Crippen molar-refractivity contribution in [3.8, 4) is 11.5 Å². The molecule has 0 atom stereocenters. The molecule has 4 aromatic rings. The Morgan fingerprint density at radius 3 is 2.37 bits per heavy atom. The number of unbranched alkanes of at least 4 members (excludes halogenated alkanes) is 1. The van der Waals surface area contributed by atoms with Crippen molar-refractivity contribution >= 4 is 46.6 Å². The zero-order valence-corrected chi connectivity index (χ0v) is 23.8. The number of halogens is 1. The van der Waals surface area contributed by atoms with Gasteiger partial charge in [-0.15, -0.1) is 0 Å². The Kier molecular flexibility index (Phi) is 10.5. The SMILES string of the molecule is Cc1ccc(OCCCCOc2ccc(C=Cc3cccc4c3c(CC(=O)O)cn4CCCC(=O)O)cc2)c(Cl)c1. The van der Waals surface area contributed by atoms with Gasteiger partial charge in [0.25, 0.3) is 0 Å². The highest BCUT2D eigenvalue weighted by atomic mass is 35.5. The van der Waals surface area contributed by atoms with E-state index in [2.05, 4.69) is 0 Å². The maximum atomic E-state index is 11.5. The minimum absolute atomic E-state index is 0.0605. The summed E-state index contributed by atoms with van der Waals surface area (Å²) in [7, 11) is 0. The highest BCUT2D eigenvalue weighted by molar-refractivity contribution is 6.32. The second-order valence-corrected chi connectivity index (χ2v) is 10.3. The summed E-state index contributed by atoms with van der Waals surface area (Å²) in [5.74, 6) is -0.271. The quantitative estimate of drug-likeness (QED) is 0.112. The molecule has 0 aliphatic heterocycles. The number of hydrogen-bond acceptors (Lipinski definition) is 4. The van der Waals surface area contributed by atoms with Gasteiger partial charge in [-0.05, 0) is 78.8 Å². The molecule has 0 saturated heterocycles. The van der Waals surface area contributed by atoms with Crippen LogP contribution >= 0.6 is 11.6 Å². The highest BCUT2D eigenvalue weighted by Gasteiger charge is 2.14. The van der Waals surface area contributed by atoms with Gasteiger partial charge >= 0.3 is 11.9 Å². The van der Waals surface area contributed by atoms with Crippen LogP contribution in [0.25, 0.3) is 23.1 Å². The topological polar surface area (TPSA) is 98.0 Å². The Morgan fingerprint density at radius 1 is 0.902 bits per heavy atom. The molecule has 0 spiro atoms. The molecule has 4 rings (SSSR count). The first-order valence-electron chi connectivity index (χ1n) is 13.6. The van der Waals surface area contributed by atoms with E-state index in [1.165, 1.54) is 0 Å². The van der Waals surface area contributed by atoms with Crippen LogP contribution in [0.5, 0.6) is 11.5 Å². The summed E-state index contributed by atoms with van der Waals surface area (Å²) in [5, 5.41) is 19.9. The number of benzene rings is 3. The van der Waals surface area contributed by atoms with Gasteiger partial charge in [0.2, 0.25) is 0 Å². The van der Waals surface area contributed by atoms with Gasteiger partial charge < -0.3 is 24.3 Å². The average molecular weight is 576 g/mol. The number of hydrogen-bond donors (Lipinski definition) is 2. The molecule has 0 aliphatic rings. The van der Waals surface area contributed by atoms with E-state index in [0.717, 1.165) is 46.2 Å². The Hall–Kier alpha value is -4.23. The lowest BCUT2D eigenvalue weighted by Gasteiger charge is -2.09. The van der Waals surface area contributed by atoms with Crippen LogP contribution in [0.2, 0.25) is 5.02 Å². The van der Waals surface area contributed by atoms with Crippen molar-refractivity contribution < 1.29 is 29.3 Å². The van der Waals surface area contributed by atoms with Crippen LogP contribution in [0.1, 0.15) is 47.9 Å². The molecule has 0 amide bonds. The van der Waals surface area contributed by atoms with Gasteiger partial charge in [0.1, 0.15) is 11.5 Å². The number of carboxylic acid groups (broad SMARTS) is 2. The summed E-state index contributed by atoms with van der Waals surface area (Å²) in [5.41, 5.74) is 4.59. The molecule has 1 heterocycles. The van der Waals surface area contributed by atoms with Crippen molar-refractivity contribution in [2.24, 2.45) is 0 Å². The smallest absolute Gasteiger partial charge is 0.307 e. The van der Waals surface area contributed by atoms with E-state index in [1.807, 2.05) is 90.5 Å². The average Bonchev–Trinajstić information content (AvgIpc) is 3.28. The summed E-state index contributed by atoms with van der Waals surface area (Å²) in [6.07, 6.45) is 7.91. The van der Waals surface area contributed by atoms with Crippen LogP contribution in [0.15, 0.2) is 66.9 Å². The fourth-order valence-corrected chi connectivity index (χ4v) is 4.94. The fourth-order valence-electron chi connectivity index (χ4n) is 4.65. The molecule has 2 N–H and O–H groups in total. The molecule has 41 heavy (non-hydrogen) atoms. The number of nitrogens with zero attached hydrogens (tertiary/aromatic N) is 1. The lowest BCUT2D eigenvalue weighted by atomic mass is 10.0. The van der Waals surface area contributed by atoms with Gasteiger partial charge in [-0.25, -0.2) is 0 Å². The number of ether oxygens (including phenoxy) is 2. The van der Waals surface area contributed by atoms with E-state index < -0.39 is 11.9 Å². The second kappa shape index (κ2) is 14.4. The third-order valence-corrected chi connectivity index (χ3v) is 6.93. The number of aryl methyl sites for hydroxylation is 2. The third kappa shape index (κ3) is 8.63. The summed E-state index contributed by atoms with van der Waals surface area (Å²) < 4.78 is 13.6. The predicted octanol–water partition coefficient (Wildman–Crippen LogP) is 7.50. The third-order valence-electron chi connectivity index (χ3n) is 6.64. The maximum Gasteiger partial charge on any atom is 0.307 e. The van der Waals surface area contributed by atoms with E-state index in [9.17, 15) is 14.7 Å². The summed E-state index contributed by atoms with van der Waals surface area (Å²) in [4.78, 5) is 22.5. The first kappa shape index (κ1) is 29.7. The van der Waals surface area contributed by atoms with Crippen molar-refractivity contribution in [1.82, 2.24) is 4.57 Å². The van der Waals surface area contributed by atoms with Crippen molar-refractivity contribution in [3.05, 3.63) is 94.1 Å². The van der Waals surface area contributed by atoms with E-state index in [1.54, 1.807) is 0 Å². The molecule has 0 unspecified atom stereocenters. The van der Waals surface area contributed by atoms with Crippen LogP contribution in [-0.4, -0.2) is 39.9 Å². The monoisotopic (exact) mass is 575 g/mol. The molecule has 3 aromatic carbocycles. The Labute approximate surface area is 244 Å². The molecule has 214 valence electrons. The second-order valence-electron chi connectivity index (χ2n) is 9.90. The largest absolute Gasteiger partial charge is 0.494 e. The van der Waals surface area contributed by atoms with Crippen LogP contribution < -0.4 is 9.47 Å². The molecule has 8 heteroatoms. The summed E-state index contributed by atoms with van der Waals surface area (Å²) in [6.45, 7) is 3.65. The van der Waals surface area contributed by atoms with E-state index >= 15 is 0 Å². The molecular formula is C33H34ClNO6. The van der Waals surface area contributed by atoms with Gasteiger partial charge in [0.15, 0.2) is 0 Å². The Morgan fingerprint density at radius 2 is 1.66 bits per heavy atom. The minimum atomic E-state index is -0.910. The fraction of sp³-hybridized carbons (Fsp3) is 0.273. The lowest BCUT2D eigenvalue weighted by Crippen LogP contribution is -2.02. The predicted molar refractivity (Wildman–Crippen MR) is 162 cm³/mol. The molecule has 0 aliphatic carbocycles. The molecule has 1 aromatic heterocycles. The van der Waals surface area contributed by atoms with Crippen molar-refractivity contribution in [2.45, 2.75) is 45.6 Å². The first-order chi connectivity index (χ1) is 19.8. The summed E-state index contributed by atoms with van der Waals surface area (Å²) in [6, 6.07) is 19.4. The molecule has 0 saturated carbocycles. The van der Waals surface area contributed by atoms with Gasteiger partial charge in [-0.1, -0.05) is 54.1 Å². The minimum Gasteiger partial charge on any atom is -0.494 e. The van der Waals surface area contributed by atoms with Crippen LogP contribution in [0.3, 0.4) is 0 Å². The number of carbonyl (C=O) groups is 2. The van der Waals surface area contributed by atoms with E-state index in [4.69, 9.17) is 26.2 Å². The van der Waals surface area contributed by atoms with Gasteiger partial charge in [-0.3, -0.25) is 9.59 Å². The van der Waals surface area contributed by atoms with Crippen LogP contribution in [0.4, 0.5) is 0 Å². The van der Waals surface area contributed by atoms with E-state index in [-0.39, 0.29) is 12.8 Å². The molecule has 0 radical (unpaired) electrons. The van der Waals surface area contributed by atoms with Crippen molar-refractivity contribution in [3.63, 3.8) is 0 Å². The molecule has 7 nitrogen and oxygen atoms in total. The number of rotatable bonds is 15.